The summed E-state index contributed by atoms with van der Waals surface area (Å²) in [7, 11) is 0. The summed E-state index contributed by atoms with van der Waals surface area (Å²) in [5.41, 5.74) is 1.80. The number of anilines is 2. The maximum Gasteiger partial charge on any atom is 0.200 e. The molecule has 0 saturated carbocycles. The van der Waals surface area contributed by atoms with Gasteiger partial charge in [-0.3, -0.25) is 10.9 Å². The molecule has 0 amide bonds. The van der Waals surface area contributed by atoms with Crippen LogP contribution in [-0.2, 0) is 0 Å². The fourth-order valence-corrected chi connectivity index (χ4v) is 3.06. The molecular weight excluding hydrogens is 538 g/mol. The van der Waals surface area contributed by atoms with Gasteiger partial charge in [-0.1, -0.05) is 24.3 Å². The van der Waals surface area contributed by atoms with E-state index in [2.05, 4.69) is 31.3 Å². The Labute approximate surface area is 204 Å². The third kappa shape index (κ3) is 4.55. The summed E-state index contributed by atoms with van der Waals surface area (Å²) in [5, 5.41) is 14.7. The highest BCUT2D eigenvalue weighted by molar-refractivity contribution is 5.98. The second kappa shape index (κ2) is 10.3. The lowest BCUT2D eigenvalue weighted by molar-refractivity contribution is 0.377. The van der Waals surface area contributed by atoms with Crippen LogP contribution in [0.5, 0.6) is 0 Å². The summed E-state index contributed by atoms with van der Waals surface area (Å²) in [5.74, 6) is -22.2. The minimum Gasteiger partial charge on any atom is -0.259 e. The van der Waals surface area contributed by atoms with Gasteiger partial charge in [0.25, 0.3) is 0 Å². The first-order chi connectivity index (χ1) is 18.0. The van der Waals surface area contributed by atoms with Gasteiger partial charge in [0, 0.05) is 10.8 Å². The fourth-order valence-electron chi connectivity index (χ4n) is 3.06. The average molecular weight is 546 g/mol. The molecule has 4 rings (SSSR count). The second-order valence-corrected chi connectivity index (χ2v) is 7.15. The Balaban J connectivity index is 1.62. The number of rotatable bonds is 6. The van der Waals surface area contributed by atoms with Crippen molar-refractivity contribution in [1.82, 2.24) is 10.2 Å². The minimum absolute atomic E-state index is 0.171. The fraction of sp³-hybridized carbons (Fsp3) is 0. The van der Waals surface area contributed by atoms with Crippen molar-refractivity contribution in [2.24, 2.45) is 10.2 Å². The Kier molecular flexibility index (Phi) is 7.14. The third-order valence-corrected chi connectivity index (χ3v) is 4.90. The van der Waals surface area contributed by atoms with Gasteiger partial charge in [-0.05, 0) is 0 Å². The molecule has 0 unspecified atom stereocenters. The van der Waals surface area contributed by atoms with Crippen LogP contribution in [0.4, 0.5) is 55.5 Å². The summed E-state index contributed by atoms with van der Waals surface area (Å²) in [4.78, 5) is 0. The van der Waals surface area contributed by atoms with Gasteiger partial charge in [0.15, 0.2) is 58.2 Å². The van der Waals surface area contributed by atoms with Gasteiger partial charge in [0.2, 0.25) is 11.6 Å². The SMILES string of the molecule is Fc1c(F)c(F)c(/C=N/Nc2nnc(N/N=C/c3c(F)c(F)c(F)c(F)c3F)c3ccccc23)c(F)c1F. The van der Waals surface area contributed by atoms with Crippen LogP contribution >= 0.6 is 0 Å². The number of hydrogen-bond acceptors (Lipinski definition) is 6. The molecule has 0 aliphatic heterocycles. The van der Waals surface area contributed by atoms with E-state index in [1.54, 1.807) is 0 Å². The molecule has 16 heteroatoms. The van der Waals surface area contributed by atoms with E-state index < -0.39 is 69.3 Å². The summed E-state index contributed by atoms with van der Waals surface area (Å²) < 4.78 is 135. The summed E-state index contributed by atoms with van der Waals surface area (Å²) in [6.45, 7) is 0. The molecule has 0 fully saturated rings. The van der Waals surface area contributed by atoms with E-state index in [0.717, 1.165) is 0 Å². The Morgan fingerprint density at radius 2 is 0.763 bits per heavy atom. The van der Waals surface area contributed by atoms with Crippen molar-refractivity contribution in [3.05, 3.63) is 93.6 Å². The molecule has 0 bridgehead atoms. The summed E-state index contributed by atoms with van der Waals surface area (Å²) in [6.07, 6.45) is 0.653. The number of benzene rings is 3. The van der Waals surface area contributed by atoms with Crippen LogP contribution in [0.3, 0.4) is 0 Å². The molecule has 1 aromatic heterocycles. The molecule has 0 aliphatic rings. The first kappa shape index (κ1) is 26.3. The van der Waals surface area contributed by atoms with Crippen LogP contribution in [0.1, 0.15) is 11.1 Å². The van der Waals surface area contributed by atoms with Gasteiger partial charge in [0.1, 0.15) is 0 Å². The number of nitrogens with zero attached hydrogens (tertiary/aromatic N) is 4. The van der Waals surface area contributed by atoms with Gasteiger partial charge in [-0.15, -0.1) is 10.2 Å². The number of aromatic nitrogens is 2. The van der Waals surface area contributed by atoms with Crippen molar-refractivity contribution in [2.75, 3.05) is 10.9 Å². The van der Waals surface area contributed by atoms with E-state index >= 15 is 0 Å². The van der Waals surface area contributed by atoms with Crippen LogP contribution in [0.25, 0.3) is 10.8 Å². The molecule has 0 atom stereocenters. The topological polar surface area (TPSA) is 74.6 Å². The molecule has 1 heterocycles. The van der Waals surface area contributed by atoms with E-state index in [4.69, 9.17) is 0 Å². The van der Waals surface area contributed by atoms with Crippen molar-refractivity contribution in [2.45, 2.75) is 0 Å². The maximum absolute atomic E-state index is 13.8. The largest absolute Gasteiger partial charge is 0.259 e. The van der Waals surface area contributed by atoms with Crippen LogP contribution < -0.4 is 10.9 Å². The molecule has 38 heavy (non-hydrogen) atoms. The highest BCUT2D eigenvalue weighted by Crippen LogP contribution is 2.27. The summed E-state index contributed by atoms with van der Waals surface area (Å²) >= 11 is 0. The Morgan fingerprint density at radius 3 is 1.08 bits per heavy atom. The molecule has 6 nitrogen and oxygen atoms in total. The Bertz CT molecular complexity index is 1460. The van der Waals surface area contributed by atoms with E-state index in [9.17, 15) is 43.9 Å². The molecule has 0 aliphatic carbocycles. The standard InChI is InChI=1S/C22H8F10N6/c23-11-9(12(24)16(28)19(31)15(11)27)5-33-35-21-7-3-1-2-4-8(7)22(38-37-21)36-34-6-10-13(25)17(29)20(32)18(30)14(10)26/h1-6H,(H,35,37)(H,36,38)/b33-5+,34-6+. The zero-order valence-corrected chi connectivity index (χ0v) is 18.0. The van der Waals surface area contributed by atoms with Crippen LogP contribution in [-0.4, -0.2) is 22.6 Å². The van der Waals surface area contributed by atoms with Crippen LogP contribution in [0, 0.1) is 58.2 Å². The minimum atomic E-state index is -2.34. The molecule has 0 saturated heterocycles. The van der Waals surface area contributed by atoms with Crippen molar-refractivity contribution in [3.8, 4) is 0 Å². The molecule has 4 aromatic rings. The molecule has 196 valence electrons. The molecule has 0 spiro atoms. The van der Waals surface area contributed by atoms with Gasteiger partial charge in [-0.25, -0.2) is 43.9 Å². The van der Waals surface area contributed by atoms with Crippen molar-refractivity contribution in [3.63, 3.8) is 0 Å². The lowest BCUT2D eigenvalue weighted by Gasteiger charge is -2.08. The zero-order chi connectivity index (χ0) is 27.7. The maximum atomic E-state index is 13.8. The highest BCUT2D eigenvalue weighted by atomic mass is 19.2. The predicted octanol–water partition coefficient (Wildman–Crippen LogP) is 5.91. The van der Waals surface area contributed by atoms with Crippen LogP contribution in [0.2, 0.25) is 0 Å². The number of nitrogens with one attached hydrogen (secondary N) is 2. The van der Waals surface area contributed by atoms with Crippen molar-refractivity contribution >= 4 is 34.8 Å². The normalized spacial score (nSPS) is 11.7. The zero-order valence-electron chi connectivity index (χ0n) is 18.0. The number of hydrazone groups is 2. The molecular formula is C22H8F10N6. The summed E-state index contributed by atoms with van der Waals surface area (Å²) in [6, 6.07) is 5.87. The number of fused-ring (bicyclic) bond motifs is 1. The van der Waals surface area contributed by atoms with Gasteiger partial charge >= 0.3 is 0 Å². The van der Waals surface area contributed by atoms with Gasteiger partial charge in [-0.2, -0.15) is 10.2 Å². The molecule has 3 aromatic carbocycles. The van der Waals surface area contributed by atoms with E-state index in [1.165, 1.54) is 24.3 Å². The first-order valence-corrected chi connectivity index (χ1v) is 9.91. The quantitative estimate of drug-likeness (QED) is 0.104. The number of hydrogen-bond donors (Lipinski definition) is 2. The monoisotopic (exact) mass is 546 g/mol. The van der Waals surface area contributed by atoms with E-state index in [0.29, 0.717) is 12.4 Å². The van der Waals surface area contributed by atoms with Crippen LogP contribution in [0.15, 0.2) is 34.5 Å². The smallest absolute Gasteiger partial charge is 0.200 e. The van der Waals surface area contributed by atoms with Crippen molar-refractivity contribution in [1.29, 1.82) is 0 Å². The van der Waals surface area contributed by atoms with E-state index in [-0.39, 0.29) is 22.4 Å². The molecule has 0 radical (unpaired) electrons. The lowest BCUT2D eigenvalue weighted by atomic mass is 10.2. The number of halogens is 10. The predicted molar refractivity (Wildman–Crippen MR) is 114 cm³/mol. The van der Waals surface area contributed by atoms with Crippen molar-refractivity contribution < 1.29 is 43.9 Å². The molecule has 2 N–H and O–H groups in total. The average Bonchev–Trinajstić information content (AvgIpc) is 2.93. The third-order valence-electron chi connectivity index (χ3n) is 4.90. The Hall–Kier alpha value is -4.76. The van der Waals surface area contributed by atoms with E-state index in [1.807, 2.05) is 0 Å². The highest BCUT2D eigenvalue weighted by Gasteiger charge is 2.26. The first-order valence-electron chi connectivity index (χ1n) is 9.91. The second-order valence-electron chi connectivity index (χ2n) is 7.15. The van der Waals surface area contributed by atoms with Gasteiger partial charge in [0.05, 0.1) is 23.6 Å². The Morgan fingerprint density at radius 1 is 0.474 bits per heavy atom. The van der Waals surface area contributed by atoms with Gasteiger partial charge < -0.3 is 0 Å². The lowest BCUT2D eigenvalue weighted by Crippen LogP contribution is -2.08.